The number of rotatable bonds is 5. The summed E-state index contributed by atoms with van der Waals surface area (Å²) in [5.41, 5.74) is 0.794. The summed E-state index contributed by atoms with van der Waals surface area (Å²) in [6.45, 7) is 7.07. The van der Waals surface area contributed by atoms with Crippen molar-refractivity contribution in [2.75, 3.05) is 12.4 Å². The highest BCUT2D eigenvalue weighted by Gasteiger charge is 2.21. The minimum Gasteiger partial charge on any atom is -0.444 e. The van der Waals surface area contributed by atoms with Gasteiger partial charge in [-0.1, -0.05) is 18.2 Å². The predicted molar refractivity (Wildman–Crippen MR) is 110 cm³/mol. The number of nitro groups is 1. The molecule has 0 aliphatic rings. The number of carbonyl (C=O) groups excluding carboxylic acids is 2. The van der Waals surface area contributed by atoms with Crippen molar-refractivity contribution in [1.29, 1.82) is 0 Å². The summed E-state index contributed by atoms with van der Waals surface area (Å²) < 4.78 is 5.22. The molecule has 0 heterocycles. The molecule has 1 N–H and O–H groups in total. The number of nitro benzene ring substituents is 1. The topological polar surface area (TPSA) is 102 Å². The van der Waals surface area contributed by atoms with Crippen molar-refractivity contribution in [3.05, 3.63) is 69.8 Å². The fraction of sp³-hybridized carbons (Fsp3) is 0.333. The van der Waals surface area contributed by atoms with Crippen LogP contribution in [-0.2, 0) is 4.74 Å². The molecule has 1 atom stereocenters. The number of benzene rings is 2. The van der Waals surface area contributed by atoms with Crippen LogP contribution < -0.4 is 5.32 Å². The van der Waals surface area contributed by atoms with Gasteiger partial charge in [0, 0.05) is 30.4 Å². The van der Waals surface area contributed by atoms with Crippen molar-refractivity contribution in [1.82, 2.24) is 4.90 Å². The number of nitrogens with zero attached hydrogens (tertiary/aromatic N) is 2. The average Bonchev–Trinajstić information content (AvgIpc) is 2.65. The fourth-order valence-corrected chi connectivity index (χ4v) is 2.65. The van der Waals surface area contributed by atoms with E-state index < -0.39 is 16.6 Å². The molecule has 0 unspecified atom stereocenters. The van der Waals surface area contributed by atoms with Crippen molar-refractivity contribution in [2.24, 2.45) is 0 Å². The molecule has 8 heteroatoms. The van der Waals surface area contributed by atoms with Gasteiger partial charge in [-0.2, -0.15) is 0 Å². The molecule has 0 radical (unpaired) electrons. The molecular formula is C21H25N3O5. The highest BCUT2D eigenvalue weighted by atomic mass is 16.6. The second-order valence-corrected chi connectivity index (χ2v) is 7.65. The van der Waals surface area contributed by atoms with Crippen LogP contribution in [0, 0.1) is 10.1 Å². The van der Waals surface area contributed by atoms with E-state index >= 15 is 0 Å². The Morgan fingerprint density at radius 1 is 1.14 bits per heavy atom. The molecule has 2 aromatic rings. The van der Waals surface area contributed by atoms with Crippen LogP contribution in [0.25, 0.3) is 0 Å². The standard InChI is InChI=1S/C21H25N3O5/c1-14(15-8-7-11-18(13-15)24(27)28)23(5)19(25)16-9-6-10-17(12-16)22-20(26)29-21(2,3)4/h6-14H,1-5H3,(H,22,26)/t14-/m0/s1. The Hall–Kier alpha value is -3.42. The lowest BCUT2D eigenvalue weighted by Crippen LogP contribution is -2.30. The van der Waals surface area contributed by atoms with Crippen molar-refractivity contribution < 1.29 is 19.2 Å². The molecule has 2 amide bonds. The largest absolute Gasteiger partial charge is 0.444 e. The van der Waals surface area contributed by atoms with E-state index in [1.54, 1.807) is 71.1 Å². The lowest BCUT2D eigenvalue weighted by Gasteiger charge is -2.25. The van der Waals surface area contributed by atoms with E-state index in [1.807, 2.05) is 0 Å². The maximum Gasteiger partial charge on any atom is 0.412 e. The zero-order chi connectivity index (χ0) is 21.8. The molecule has 2 rings (SSSR count). The summed E-state index contributed by atoms with van der Waals surface area (Å²) in [6, 6.07) is 12.3. The molecule has 2 aromatic carbocycles. The number of amides is 2. The first-order chi connectivity index (χ1) is 13.5. The van der Waals surface area contributed by atoms with Crippen LogP contribution >= 0.6 is 0 Å². The smallest absolute Gasteiger partial charge is 0.412 e. The van der Waals surface area contributed by atoms with Crippen LogP contribution in [-0.4, -0.2) is 34.5 Å². The van der Waals surface area contributed by atoms with Crippen LogP contribution in [0.2, 0.25) is 0 Å². The highest BCUT2D eigenvalue weighted by molar-refractivity contribution is 5.96. The zero-order valence-electron chi connectivity index (χ0n) is 17.1. The van der Waals surface area contributed by atoms with Gasteiger partial charge in [0.1, 0.15) is 5.60 Å². The SMILES string of the molecule is C[C@@H](c1cccc([N+](=O)[O-])c1)N(C)C(=O)c1cccc(NC(=O)OC(C)(C)C)c1. The molecular weight excluding hydrogens is 374 g/mol. The first kappa shape index (κ1) is 21.9. The molecule has 0 spiro atoms. The third-order valence-corrected chi connectivity index (χ3v) is 4.22. The van der Waals surface area contributed by atoms with E-state index in [-0.39, 0.29) is 17.6 Å². The zero-order valence-corrected chi connectivity index (χ0v) is 17.1. The summed E-state index contributed by atoms with van der Waals surface area (Å²) in [6.07, 6.45) is -0.611. The summed E-state index contributed by atoms with van der Waals surface area (Å²) >= 11 is 0. The normalized spacial score (nSPS) is 12.0. The number of anilines is 1. The van der Waals surface area contributed by atoms with Gasteiger partial charge in [-0.25, -0.2) is 4.79 Å². The van der Waals surface area contributed by atoms with Gasteiger partial charge in [0.2, 0.25) is 0 Å². The number of hydrogen-bond donors (Lipinski definition) is 1. The summed E-state index contributed by atoms with van der Waals surface area (Å²) in [5.74, 6) is -0.281. The molecule has 0 aromatic heterocycles. The van der Waals surface area contributed by atoms with Crippen molar-refractivity contribution >= 4 is 23.4 Å². The van der Waals surface area contributed by atoms with E-state index in [2.05, 4.69) is 5.32 Å². The third kappa shape index (κ3) is 6.03. The number of hydrogen-bond acceptors (Lipinski definition) is 5. The van der Waals surface area contributed by atoms with Crippen molar-refractivity contribution in [3.8, 4) is 0 Å². The van der Waals surface area contributed by atoms with Gasteiger partial charge in [-0.05, 0) is 51.5 Å². The molecule has 0 saturated carbocycles. The van der Waals surface area contributed by atoms with E-state index in [4.69, 9.17) is 4.74 Å². The lowest BCUT2D eigenvalue weighted by atomic mass is 10.1. The molecule has 0 fully saturated rings. The molecule has 0 saturated heterocycles. The third-order valence-electron chi connectivity index (χ3n) is 4.22. The Kier molecular flexibility index (Phi) is 6.58. The summed E-state index contributed by atoms with van der Waals surface area (Å²) in [7, 11) is 1.62. The van der Waals surface area contributed by atoms with Gasteiger partial charge in [-0.3, -0.25) is 20.2 Å². The monoisotopic (exact) mass is 399 g/mol. The fourth-order valence-electron chi connectivity index (χ4n) is 2.65. The number of ether oxygens (including phenoxy) is 1. The Morgan fingerprint density at radius 2 is 1.79 bits per heavy atom. The van der Waals surface area contributed by atoms with E-state index in [0.717, 1.165) is 0 Å². The van der Waals surface area contributed by atoms with Gasteiger partial charge in [0.25, 0.3) is 11.6 Å². The Bertz CT molecular complexity index is 921. The van der Waals surface area contributed by atoms with Gasteiger partial charge < -0.3 is 9.64 Å². The molecule has 8 nitrogen and oxygen atoms in total. The van der Waals surface area contributed by atoms with Crippen LogP contribution in [0.4, 0.5) is 16.2 Å². The summed E-state index contributed by atoms with van der Waals surface area (Å²) in [4.78, 5) is 36.8. The first-order valence-electron chi connectivity index (χ1n) is 9.09. The number of non-ortho nitro benzene ring substituents is 1. The summed E-state index contributed by atoms with van der Waals surface area (Å²) in [5, 5.41) is 13.6. The van der Waals surface area contributed by atoms with Gasteiger partial charge >= 0.3 is 6.09 Å². The van der Waals surface area contributed by atoms with Crippen LogP contribution in [0.5, 0.6) is 0 Å². The van der Waals surface area contributed by atoms with Gasteiger partial charge in [0.05, 0.1) is 11.0 Å². The van der Waals surface area contributed by atoms with Crippen LogP contribution in [0.15, 0.2) is 48.5 Å². The molecule has 0 aliphatic carbocycles. The van der Waals surface area contributed by atoms with E-state index in [1.165, 1.54) is 17.0 Å². The minimum atomic E-state index is -0.633. The van der Waals surface area contributed by atoms with Gasteiger partial charge in [0.15, 0.2) is 0 Å². The van der Waals surface area contributed by atoms with Gasteiger partial charge in [-0.15, -0.1) is 0 Å². The number of nitrogens with one attached hydrogen (secondary N) is 1. The average molecular weight is 399 g/mol. The first-order valence-corrected chi connectivity index (χ1v) is 9.09. The minimum absolute atomic E-state index is 0.0289. The maximum absolute atomic E-state index is 12.9. The van der Waals surface area contributed by atoms with E-state index in [0.29, 0.717) is 16.8 Å². The second kappa shape index (κ2) is 8.72. The van der Waals surface area contributed by atoms with Crippen LogP contribution in [0.3, 0.4) is 0 Å². The lowest BCUT2D eigenvalue weighted by molar-refractivity contribution is -0.384. The molecule has 0 aliphatic heterocycles. The number of carbonyl (C=O) groups is 2. The van der Waals surface area contributed by atoms with Crippen molar-refractivity contribution in [2.45, 2.75) is 39.3 Å². The van der Waals surface area contributed by atoms with Crippen LogP contribution in [0.1, 0.15) is 49.7 Å². The van der Waals surface area contributed by atoms with Crippen molar-refractivity contribution in [3.63, 3.8) is 0 Å². The predicted octanol–water partition coefficient (Wildman–Crippen LogP) is 4.78. The molecule has 0 bridgehead atoms. The Morgan fingerprint density at radius 3 is 2.41 bits per heavy atom. The Balaban J connectivity index is 2.16. The van der Waals surface area contributed by atoms with E-state index in [9.17, 15) is 19.7 Å². The quantitative estimate of drug-likeness (QED) is 0.576. The Labute approximate surface area is 169 Å². The second-order valence-electron chi connectivity index (χ2n) is 7.65. The molecule has 29 heavy (non-hydrogen) atoms. The maximum atomic E-state index is 12.9. The highest BCUT2D eigenvalue weighted by Crippen LogP contribution is 2.25. The molecule has 154 valence electrons.